The van der Waals surface area contributed by atoms with E-state index in [0.717, 1.165) is 13.0 Å². The van der Waals surface area contributed by atoms with Crippen LogP contribution in [0.5, 0.6) is 0 Å². The lowest BCUT2D eigenvalue weighted by molar-refractivity contribution is 0.202. The monoisotopic (exact) mass is 200 g/mol. The SMILES string of the molecule is CCCCCN(CC(N)CC)C(C)C. The molecule has 0 aliphatic rings. The largest absolute Gasteiger partial charge is 0.327 e. The molecule has 0 spiro atoms. The Bertz CT molecular complexity index is 123. The van der Waals surface area contributed by atoms with Crippen LogP contribution < -0.4 is 5.73 Å². The summed E-state index contributed by atoms with van der Waals surface area (Å²) >= 11 is 0. The van der Waals surface area contributed by atoms with Crippen LogP contribution in [-0.4, -0.2) is 30.1 Å². The average Bonchev–Trinajstić information content (AvgIpc) is 2.16. The summed E-state index contributed by atoms with van der Waals surface area (Å²) in [5.74, 6) is 0. The zero-order chi connectivity index (χ0) is 11.0. The number of rotatable bonds is 8. The summed E-state index contributed by atoms with van der Waals surface area (Å²) in [5, 5.41) is 0. The summed E-state index contributed by atoms with van der Waals surface area (Å²) in [7, 11) is 0. The Kier molecular flexibility index (Phi) is 8.20. The molecule has 0 radical (unpaired) electrons. The fourth-order valence-electron chi connectivity index (χ4n) is 1.56. The summed E-state index contributed by atoms with van der Waals surface area (Å²) in [4.78, 5) is 2.50. The molecule has 0 bridgehead atoms. The lowest BCUT2D eigenvalue weighted by Gasteiger charge is -2.28. The third-order valence-electron chi connectivity index (χ3n) is 2.77. The second-order valence-corrected chi connectivity index (χ2v) is 4.46. The van der Waals surface area contributed by atoms with Crippen LogP contribution in [0.4, 0.5) is 0 Å². The van der Waals surface area contributed by atoms with Crippen LogP contribution >= 0.6 is 0 Å². The van der Waals surface area contributed by atoms with Crippen molar-refractivity contribution in [2.75, 3.05) is 13.1 Å². The maximum atomic E-state index is 5.97. The smallest absolute Gasteiger partial charge is 0.0165 e. The molecule has 0 aromatic carbocycles. The van der Waals surface area contributed by atoms with E-state index < -0.39 is 0 Å². The molecule has 0 aliphatic heterocycles. The summed E-state index contributed by atoms with van der Waals surface area (Å²) < 4.78 is 0. The topological polar surface area (TPSA) is 29.3 Å². The molecule has 14 heavy (non-hydrogen) atoms. The van der Waals surface area contributed by atoms with Crippen molar-refractivity contribution < 1.29 is 0 Å². The Balaban J connectivity index is 3.77. The highest BCUT2D eigenvalue weighted by molar-refractivity contribution is 4.69. The highest BCUT2D eigenvalue weighted by Gasteiger charge is 2.11. The van der Waals surface area contributed by atoms with E-state index in [1.807, 2.05) is 0 Å². The molecule has 0 heterocycles. The molecule has 1 atom stereocenters. The van der Waals surface area contributed by atoms with Crippen molar-refractivity contribution in [3.05, 3.63) is 0 Å². The first-order valence-corrected chi connectivity index (χ1v) is 6.11. The van der Waals surface area contributed by atoms with E-state index >= 15 is 0 Å². The van der Waals surface area contributed by atoms with Gasteiger partial charge >= 0.3 is 0 Å². The van der Waals surface area contributed by atoms with Crippen LogP contribution in [0, 0.1) is 0 Å². The molecule has 2 nitrogen and oxygen atoms in total. The van der Waals surface area contributed by atoms with Crippen molar-refractivity contribution in [1.29, 1.82) is 0 Å². The first-order chi connectivity index (χ1) is 6.61. The van der Waals surface area contributed by atoms with Crippen LogP contribution in [0.2, 0.25) is 0 Å². The standard InChI is InChI=1S/C12H28N2/c1-5-7-8-9-14(11(3)4)10-12(13)6-2/h11-12H,5-10,13H2,1-4H3. The van der Waals surface area contributed by atoms with Crippen LogP contribution in [0.3, 0.4) is 0 Å². The molecule has 0 saturated heterocycles. The third-order valence-corrected chi connectivity index (χ3v) is 2.77. The molecule has 1 unspecified atom stereocenters. The highest BCUT2D eigenvalue weighted by Crippen LogP contribution is 2.04. The van der Waals surface area contributed by atoms with E-state index in [4.69, 9.17) is 5.73 Å². The number of nitrogens with zero attached hydrogens (tertiary/aromatic N) is 1. The predicted molar refractivity (Wildman–Crippen MR) is 64.5 cm³/mol. The van der Waals surface area contributed by atoms with Gasteiger partial charge in [-0.05, 0) is 33.2 Å². The number of hydrogen-bond acceptors (Lipinski definition) is 2. The molecule has 0 amide bonds. The first-order valence-electron chi connectivity index (χ1n) is 6.11. The van der Waals surface area contributed by atoms with Crippen LogP contribution in [-0.2, 0) is 0 Å². The van der Waals surface area contributed by atoms with Crippen LogP contribution in [0.25, 0.3) is 0 Å². The summed E-state index contributed by atoms with van der Waals surface area (Å²) in [6.45, 7) is 11.2. The maximum Gasteiger partial charge on any atom is 0.0165 e. The van der Waals surface area contributed by atoms with Crippen molar-refractivity contribution in [2.45, 2.75) is 65.5 Å². The van der Waals surface area contributed by atoms with Crippen LogP contribution in [0.1, 0.15) is 53.4 Å². The number of unbranched alkanes of at least 4 members (excludes halogenated alkanes) is 2. The van der Waals surface area contributed by atoms with Gasteiger partial charge in [-0.3, -0.25) is 4.90 Å². The van der Waals surface area contributed by atoms with Gasteiger partial charge in [0.2, 0.25) is 0 Å². The second kappa shape index (κ2) is 8.25. The minimum Gasteiger partial charge on any atom is -0.327 e. The molecule has 0 aliphatic carbocycles. The molecule has 0 rings (SSSR count). The van der Waals surface area contributed by atoms with Crippen molar-refractivity contribution >= 4 is 0 Å². The van der Waals surface area contributed by atoms with Crippen molar-refractivity contribution in [2.24, 2.45) is 5.73 Å². The van der Waals surface area contributed by atoms with Gasteiger partial charge in [0, 0.05) is 18.6 Å². The average molecular weight is 200 g/mol. The van der Waals surface area contributed by atoms with E-state index in [1.54, 1.807) is 0 Å². The zero-order valence-corrected chi connectivity index (χ0v) is 10.4. The lowest BCUT2D eigenvalue weighted by atomic mass is 10.1. The lowest BCUT2D eigenvalue weighted by Crippen LogP contribution is -2.41. The van der Waals surface area contributed by atoms with Crippen LogP contribution in [0.15, 0.2) is 0 Å². The van der Waals surface area contributed by atoms with Gasteiger partial charge in [0.25, 0.3) is 0 Å². The molecule has 2 N–H and O–H groups in total. The molecular weight excluding hydrogens is 172 g/mol. The molecule has 0 saturated carbocycles. The Morgan fingerprint density at radius 3 is 2.21 bits per heavy atom. The van der Waals surface area contributed by atoms with E-state index in [9.17, 15) is 0 Å². The van der Waals surface area contributed by atoms with Gasteiger partial charge in [-0.1, -0.05) is 26.7 Å². The third kappa shape index (κ3) is 6.39. The van der Waals surface area contributed by atoms with Gasteiger partial charge in [-0.25, -0.2) is 0 Å². The Morgan fingerprint density at radius 2 is 1.79 bits per heavy atom. The molecule has 0 aromatic heterocycles. The zero-order valence-electron chi connectivity index (χ0n) is 10.4. The maximum absolute atomic E-state index is 5.97. The predicted octanol–water partition coefficient (Wildman–Crippen LogP) is 2.62. The summed E-state index contributed by atoms with van der Waals surface area (Å²) in [6.07, 6.45) is 5.03. The van der Waals surface area contributed by atoms with E-state index in [1.165, 1.54) is 25.8 Å². The van der Waals surface area contributed by atoms with Gasteiger partial charge in [-0.15, -0.1) is 0 Å². The Hall–Kier alpha value is -0.0800. The van der Waals surface area contributed by atoms with Gasteiger partial charge < -0.3 is 5.73 Å². The summed E-state index contributed by atoms with van der Waals surface area (Å²) in [5.41, 5.74) is 5.97. The second-order valence-electron chi connectivity index (χ2n) is 4.46. The first kappa shape index (κ1) is 13.9. The number of hydrogen-bond donors (Lipinski definition) is 1. The molecule has 86 valence electrons. The van der Waals surface area contributed by atoms with Crippen molar-refractivity contribution in [1.82, 2.24) is 4.90 Å². The minimum atomic E-state index is 0.346. The molecular formula is C12H28N2. The minimum absolute atomic E-state index is 0.346. The van der Waals surface area contributed by atoms with Gasteiger partial charge in [0.05, 0.1) is 0 Å². The Labute approximate surface area is 89.9 Å². The van der Waals surface area contributed by atoms with E-state index in [0.29, 0.717) is 12.1 Å². The van der Waals surface area contributed by atoms with Gasteiger partial charge in [0.15, 0.2) is 0 Å². The molecule has 2 heteroatoms. The van der Waals surface area contributed by atoms with Crippen molar-refractivity contribution in [3.8, 4) is 0 Å². The quantitative estimate of drug-likeness (QED) is 0.610. The Morgan fingerprint density at radius 1 is 1.14 bits per heavy atom. The highest BCUT2D eigenvalue weighted by atomic mass is 15.2. The fourth-order valence-corrected chi connectivity index (χ4v) is 1.56. The van der Waals surface area contributed by atoms with Gasteiger partial charge in [-0.2, -0.15) is 0 Å². The van der Waals surface area contributed by atoms with Gasteiger partial charge in [0.1, 0.15) is 0 Å². The normalized spacial score (nSPS) is 13.9. The summed E-state index contributed by atoms with van der Waals surface area (Å²) in [6, 6.07) is 0.975. The fraction of sp³-hybridized carbons (Fsp3) is 1.00. The van der Waals surface area contributed by atoms with Crippen molar-refractivity contribution in [3.63, 3.8) is 0 Å². The number of nitrogens with two attached hydrogens (primary N) is 1. The molecule has 0 fully saturated rings. The van der Waals surface area contributed by atoms with E-state index in [2.05, 4.69) is 32.6 Å². The molecule has 0 aromatic rings. The van der Waals surface area contributed by atoms with E-state index in [-0.39, 0.29) is 0 Å².